The number of anilines is 1. The maximum atomic E-state index is 12.1. The van der Waals surface area contributed by atoms with Gasteiger partial charge in [-0.15, -0.1) is 0 Å². The summed E-state index contributed by atoms with van der Waals surface area (Å²) >= 11 is 1.51. The summed E-state index contributed by atoms with van der Waals surface area (Å²) in [6.45, 7) is 4.32. The second kappa shape index (κ2) is 6.09. The third kappa shape index (κ3) is 3.40. The summed E-state index contributed by atoms with van der Waals surface area (Å²) in [4.78, 5) is 18.7. The molecule has 1 aromatic carbocycles. The quantitative estimate of drug-likeness (QED) is 0.908. The van der Waals surface area contributed by atoms with Crippen LogP contribution in [0.3, 0.4) is 0 Å². The molecule has 1 aliphatic rings. The van der Waals surface area contributed by atoms with Crippen molar-refractivity contribution < 1.29 is 4.79 Å². The van der Waals surface area contributed by atoms with Gasteiger partial charge in [0.15, 0.2) is 5.13 Å². The number of aromatic nitrogens is 1. The number of para-hydroxylation sites is 1. The van der Waals surface area contributed by atoms with E-state index < -0.39 is 0 Å². The van der Waals surface area contributed by atoms with Crippen LogP contribution in [0.4, 0.5) is 5.13 Å². The molecule has 3 N–H and O–H groups in total. The Balaban J connectivity index is 1.59. The van der Waals surface area contributed by atoms with Crippen LogP contribution in [0.1, 0.15) is 13.3 Å². The number of likely N-dealkylation sites (tertiary alicyclic amines) is 1. The van der Waals surface area contributed by atoms with Crippen molar-refractivity contribution >= 4 is 32.6 Å². The maximum Gasteiger partial charge on any atom is 0.240 e. The Morgan fingerprint density at radius 1 is 1.52 bits per heavy atom. The molecule has 1 amide bonds. The number of piperidine rings is 1. The van der Waals surface area contributed by atoms with Gasteiger partial charge in [-0.3, -0.25) is 9.69 Å². The number of nitrogens with zero attached hydrogens (tertiary/aromatic N) is 2. The normalized spacial score (nSPS) is 23.3. The van der Waals surface area contributed by atoms with Crippen molar-refractivity contribution in [2.75, 3.05) is 25.0 Å². The lowest BCUT2D eigenvalue weighted by Gasteiger charge is -2.34. The fourth-order valence-corrected chi connectivity index (χ4v) is 3.56. The first-order valence-electron chi connectivity index (χ1n) is 7.25. The Kier molecular flexibility index (Phi) is 4.19. The molecule has 3 rings (SSSR count). The summed E-state index contributed by atoms with van der Waals surface area (Å²) < 4.78 is 1.09. The summed E-state index contributed by atoms with van der Waals surface area (Å²) in [5.74, 6) is 0.436. The predicted molar refractivity (Wildman–Crippen MR) is 86.4 cm³/mol. The highest BCUT2D eigenvalue weighted by atomic mass is 32.1. The number of benzene rings is 1. The molecule has 6 heteroatoms. The number of carbonyl (C=O) groups is 1. The van der Waals surface area contributed by atoms with E-state index in [4.69, 9.17) is 5.73 Å². The van der Waals surface area contributed by atoms with Gasteiger partial charge in [0, 0.05) is 19.1 Å². The lowest BCUT2D eigenvalue weighted by molar-refractivity contribution is -0.117. The molecule has 2 unspecified atom stereocenters. The minimum atomic E-state index is -0.00303. The van der Waals surface area contributed by atoms with Crippen molar-refractivity contribution in [3.8, 4) is 0 Å². The number of carbonyl (C=O) groups excluding carboxylic acids is 1. The van der Waals surface area contributed by atoms with Gasteiger partial charge in [-0.2, -0.15) is 0 Å². The Hall–Kier alpha value is -1.50. The first-order chi connectivity index (χ1) is 10.1. The summed E-state index contributed by atoms with van der Waals surface area (Å²) in [5, 5.41) is 3.57. The standard InChI is InChI=1S/C15H20N4OS/c1-10-8-19(7-6-11(10)16)9-14(20)18-15-17-12-4-2-3-5-13(12)21-15/h2-5,10-11H,6-9,16H2,1H3,(H,17,18,20). The van der Waals surface area contributed by atoms with Gasteiger partial charge in [0.2, 0.25) is 5.91 Å². The Bertz CT molecular complexity index is 608. The number of amides is 1. The second-order valence-corrected chi connectivity index (χ2v) is 6.73. The van der Waals surface area contributed by atoms with E-state index in [0.29, 0.717) is 17.6 Å². The van der Waals surface area contributed by atoms with Gasteiger partial charge in [-0.05, 0) is 24.5 Å². The smallest absolute Gasteiger partial charge is 0.240 e. The summed E-state index contributed by atoms with van der Waals surface area (Å²) in [6, 6.07) is 8.15. The van der Waals surface area contributed by atoms with Gasteiger partial charge in [0.05, 0.1) is 16.8 Å². The van der Waals surface area contributed by atoms with Crippen molar-refractivity contribution in [3.63, 3.8) is 0 Å². The van der Waals surface area contributed by atoms with Gasteiger partial charge in [-0.1, -0.05) is 30.4 Å². The molecule has 112 valence electrons. The molecule has 0 radical (unpaired) electrons. The third-order valence-corrected chi connectivity index (χ3v) is 4.92. The number of nitrogens with one attached hydrogen (secondary N) is 1. The number of hydrogen-bond donors (Lipinski definition) is 2. The zero-order valence-corrected chi connectivity index (χ0v) is 12.9. The highest BCUT2D eigenvalue weighted by Crippen LogP contribution is 2.25. The van der Waals surface area contributed by atoms with Gasteiger partial charge in [0.25, 0.3) is 0 Å². The van der Waals surface area contributed by atoms with Crippen LogP contribution in [-0.2, 0) is 4.79 Å². The highest BCUT2D eigenvalue weighted by molar-refractivity contribution is 7.22. The van der Waals surface area contributed by atoms with E-state index in [1.165, 1.54) is 11.3 Å². The SMILES string of the molecule is CC1CN(CC(=O)Nc2nc3ccccc3s2)CCC1N. The number of fused-ring (bicyclic) bond motifs is 1. The molecule has 2 heterocycles. The first-order valence-corrected chi connectivity index (χ1v) is 8.07. The summed E-state index contributed by atoms with van der Waals surface area (Å²) in [6.07, 6.45) is 0.954. The molecule has 21 heavy (non-hydrogen) atoms. The summed E-state index contributed by atoms with van der Waals surface area (Å²) in [7, 11) is 0. The van der Waals surface area contributed by atoms with Crippen LogP contribution in [0.2, 0.25) is 0 Å². The largest absolute Gasteiger partial charge is 0.327 e. The number of thiazole rings is 1. The molecule has 1 aromatic heterocycles. The zero-order chi connectivity index (χ0) is 14.8. The maximum absolute atomic E-state index is 12.1. The molecule has 1 saturated heterocycles. The lowest BCUT2D eigenvalue weighted by atomic mass is 9.95. The van der Waals surface area contributed by atoms with Crippen LogP contribution in [0.15, 0.2) is 24.3 Å². The molecule has 2 aromatic rings. The van der Waals surface area contributed by atoms with Crippen LogP contribution in [-0.4, -0.2) is 41.5 Å². The molecular formula is C15H20N4OS. The minimum absolute atomic E-state index is 0.00303. The molecule has 0 spiro atoms. The Labute approximate surface area is 128 Å². The van der Waals surface area contributed by atoms with Gasteiger partial charge >= 0.3 is 0 Å². The van der Waals surface area contributed by atoms with Crippen molar-refractivity contribution in [2.24, 2.45) is 11.7 Å². The number of hydrogen-bond acceptors (Lipinski definition) is 5. The fraction of sp³-hybridized carbons (Fsp3) is 0.467. The lowest BCUT2D eigenvalue weighted by Crippen LogP contribution is -2.48. The second-order valence-electron chi connectivity index (χ2n) is 5.70. The molecule has 1 fully saturated rings. The van der Waals surface area contributed by atoms with E-state index in [2.05, 4.69) is 22.1 Å². The average molecular weight is 304 g/mol. The molecule has 5 nitrogen and oxygen atoms in total. The molecule has 2 atom stereocenters. The molecular weight excluding hydrogens is 284 g/mol. The first kappa shape index (κ1) is 14.4. The topological polar surface area (TPSA) is 71.2 Å². The summed E-state index contributed by atoms with van der Waals surface area (Å²) in [5.41, 5.74) is 6.93. The van der Waals surface area contributed by atoms with E-state index >= 15 is 0 Å². The van der Waals surface area contributed by atoms with Crippen molar-refractivity contribution in [3.05, 3.63) is 24.3 Å². The number of nitrogens with two attached hydrogens (primary N) is 1. The van der Waals surface area contributed by atoms with Crippen LogP contribution < -0.4 is 11.1 Å². The van der Waals surface area contributed by atoms with Crippen LogP contribution in [0.5, 0.6) is 0 Å². The van der Waals surface area contributed by atoms with Crippen LogP contribution in [0.25, 0.3) is 10.2 Å². The van der Waals surface area contributed by atoms with Crippen molar-refractivity contribution in [1.29, 1.82) is 0 Å². The Morgan fingerprint density at radius 3 is 3.10 bits per heavy atom. The fourth-order valence-electron chi connectivity index (χ4n) is 2.68. The average Bonchev–Trinajstić information content (AvgIpc) is 2.84. The predicted octanol–water partition coefficient (Wildman–Crippen LogP) is 1.90. The van der Waals surface area contributed by atoms with E-state index in [-0.39, 0.29) is 11.9 Å². The van der Waals surface area contributed by atoms with Crippen LogP contribution >= 0.6 is 11.3 Å². The molecule has 1 aliphatic heterocycles. The molecule has 0 aliphatic carbocycles. The monoisotopic (exact) mass is 304 g/mol. The van der Waals surface area contributed by atoms with Crippen molar-refractivity contribution in [1.82, 2.24) is 9.88 Å². The minimum Gasteiger partial charge on any atom is -0.327 e. The zero-order valence-electron chi connectivity index (χ0n) is 12.1. The van der Waals surface area contributed by atoms with E-state index in [9.17, 15) is 4.79 Å². The molecule has 0 bridgehead atoms. The Morgan fingerprint density at radius 2 is 2.33 bits per heavy atom. The van der Waals surface area contributed by atoms with Gasteiger partial charge in [0.1, 0.15) is 0 Å². The van der Waals surface area contributed by atoms with Crippen LogP contribution in [0, 0.1) is 5.92 Å². The third-order valence-electron chi connectivity index (χ3n) is 3.96. The van der Waals surface area contributed by atoms with E-state index in [1.54, 1.807) is 0 Å². The van der Waals surface area contributed by atoms with Gasteiger partial charge in [-0.25, -0.2) is 4.98 Å². The van der Waals surface area contributed by atoms with E-state index in [1.807, 2.05) is 24.3 Å². The van der Waals surface area contributed by atoms with Gasteiger partial charge < -0.3 is 11.1 Å². The highest BCUT2D eigenvalue weighted by Gasteiger charge is 2.24. The number of rotatable bonds is 3. The van der Waals surface area contributed by atoms with Crippen molar-refractivity contribution in [2.45, 2.75) is 19.4 Å². The molecule has 0 saturated carbocycles. The van der Waals surface area contributed by atoms with E-state index in [0.717, 1.165) is 29.7 Å².